The van der Waals surface area contributed by atoms with Crippen molar-refractivity contribution in [3.63, 3.8) is 0 Å². The van der Waals surface area contributed by atoms with Crippen molar-refractivity contribution in [2.75, 3.05) is 33.3 Å². The number of carbonyl (C=O) groups excluding carboxylic acids is 1. The van der Waals surface area contributed by atoms with E-state index in [1.165, 1.54) is 24.8 Å². The van der Waals surface area contributed by atoms with Gasteiger partial charge < -0.3 is 20.3 Å². The first-order valence-electron chi connectivity index (χ1n) is 11.6. The van der Waals surface area contributed by atoms with Crippen LogP contribution in [0.4, 0.5) is 0 Å². The molecule has 7 heteroatoms. The van der Waals surface area contributed by atoms with E-state index in [4.69, 9.17) is 4.74 Å². The molecule has 4 fully saturated rings. The minimum absolute atomic E-state index is 0. The summed E-state index contributed by atoms with van der Waals surface area (Å²) in [7, 11) is 1.84. The van der Waals surface area contributed by atoms with Crippen molar-refractivity contribution >= 4 is 35.8 Å². The number of hydrogen-bond donors (Lipinski definition) is 2. The molecule has 2 saturated carbocycles. The molecule has 1 spiro atoms. The van der Waals surface area contributed by atoms with Crippen LogP contribution in [0.15, 0.2) is 35.3 Å². The number of carbonyl (C=O) groups is 1. The van der Waals surface area contributed by atoms with Crippen molar-refractivity contribution in [2.24, 2.45) is 22.2 Å². The third-order valence-electron chi connectivity index (χ3n) is 7.92. The van der Waals surface area contributed by atoms with Crippen LogP contribution in [0.1, 0.15) is 37.7 Å². The summed E-state index contributed by atoms with van der Waals surface area (Å²) in [6, 6.07) is 10.9. The number of aliphatic imine (C=N–C) groups is 1. The number of guanidine groups is 1. The highest BCUT2D eigenvalue weighted by Crippen LogP contribution is 2.62. The van der Waals surface area contributed by atoms with Gasteiger partial charge in [0, 0.05) is 63.0 Å². The number of nitrogens with zero attached hydrogens (tertiary/aromatic N) is 2. The zero-order valence-corrected chi connectivity index (χ0v) is 20.7. The average molecular weight is 538 g/mol. The Labute approximate surface area is 202 Å². The fraction of sp³-hybridized carbons (Fsp3) is 0.667. The maximum Gasteiger partial charge on any atom is 0.223 e. The van der Waals surface area contributed by atoms with Crippen molar-refractivity contribution in [2.45, 2.75) is 50.7 Å². The van der Waals surface area contributed by atoms with Crippen LogP contribution in [0.25, 0.3) is 0 Å². The molecule has 0 aromatic heterocycles. The first kappa shape index (κ1) is 22.8. The number of halogens is 1. The van der Waals surface area contributed by atoms with Gasteiger partial charge >= 0.3 is 0 Å². The second-order valence-electron chi connectivity index (χ2n) is 9.55. The van der Waals surface area contributed by atoms with Crippen LogP contribution in [0.5, 0.6) is 0 Å². The fourth-order valence-electron chi connectivity index (χ4n) is 6.15. The van der Waals surface area contributed by atoms with Gasteiger partial charge in [0.2, 0.25) is 5.91 Å². The Morgan fingerprint density at radius 3 is 2.81 bits per heavy atom. The molecule has 6 nitrogen and oxygen atoms in total. The standard InChI is InChI=1S/C24H34N4O2.HI/c1-25-23(27-21-19-9-13-30-22(19)24(21)10-5-11-24)26-15-18-14-20(29)28(16-18)12-8-17-6-3-2-4-7-17;/h2-4,6-7,18-19,21-22H,5,8-16H2,1H3,(H2,25,26,27);1H. The fourth-order valence-corrected chi connectivity index (χ4v) is 6.15. The summed E-state index contributed by atoms with van der Waals surface area (Å²) in [6.45, 7) is 3.34. The van der Waals surface area contributed by atoms with Crippen molar-refractivity contribution in [1.29, 1.82) is 0 Å². The molecule has 0 radical (unpaired) electrons. The van der Waals surface area contributed by atoms with E-state index < -0.39 is 0 Å². The Balaban J connectivity index is 0.00000231. The molecule has 2 aliphatic heterocycles. The van der Waals surface area contributed by atoms with Gasteiger partial charge in [0.25, 0.3) is 0 Å². The van der Waals surface area contributed by atoms with Crippen LogP contribution >= 0.6 is 24.0 Å². The monoisotopic (exact) mass is 538 g/mol. The van der Waals surface area contributed by atoms with Crippen molar-refractivity contribution in [3.05, 3.63) is 35.9 Å². The van der Waals surface area contributed by atoms with Gasteiger partial charge in [-0.25, -0.2) is 0 Å². The van der Waals surface area contributed by atoms with Crippen molar-refractivity contribution in [3.8, 4) is 0 Å². The Morgan fingerprint density at radius 1 is 1.29 bits per heavy atom. The lowest BCUT2D eigenvalue weighted by atomic mass is 9.46. The molecule has 2 saturated heterocycles. The topological polar surface area (TPSA) is 66.0 Å². The first-order valence-corrected chi connectivity index (χ1v) is 11.6. The Morgan fingerprint density at radius 2 is 2.10 bits per heavy atom. The van der Waals surface area contributed by atoms with E-state index in [2.05, 4.69) is 39.9 Å². The first-order chi connectivity index (χ1) is 14.7. The van der Waals surface area contributed by atoms with Gasteiger partial charge in [0.15, 0.2) is 5.96 Å². The maximum absolute atomic E-state index is 12.4. The maximum atomic E-state index is 12.4. The van der Waals surface area contributed by atoms with E-state index in [0.29, 0.717) is 35.8 Å². The SMILES string of the molecule is CN=C(NCC1CC(=O)N(CCc2ccccc2)C1)NC1C2CCOC2C12CCC2.I. The van der Waals surface area contributed by atoms with E-state index >= 15 is 0 Å². The van der Waals surface area contributed by atoms with Crippen LogP contribution in [-0.2, 0) is 16.0 Å². The number of nitrogens with one attached hydrogen (secondary N) is 2. The molecule has 4 unspecified atom stereocenters. The van der Waals surface area contributed by atoms with E-state index in [1.54, 1.807) is 0 Å². The summed E-state index contributed by atoms with van der Waals surface area (Å²) in [6.07, 6.45) is 7.04. The highest BCUT2D eigenvalue weighted by atomic mass is 127. The van der Waals surface area contributed by atoms with Crippen LogP contribution < -0.4 is 10.6 Å². The van der Waals surface area contributed by atoms with Gasteiger partial charge in [-0.2, -0.15) is 0 Å². The summed E-state index contributed by atoms with van der Waals surface area (Å²) < 4.78 is 6.03. The van der Waals surface area contributed by atoms with E-state index in [0.717, 1.165) is 45.0 Å². The summed E-state index contributed by atoms with van der Waals surface area (Å²) in [4.78, 5) is 18.9. The molecule has 170 valence electrons. The van der Waals surface area contributed by atoms with Gasteiger partial charge in [-0.05, 0) is 31.2 Å². The number of fused-ring (bicyclic) bond motifs is 2. The molecule has 1 aromatic rings. The van der Waals surface area contributed by atoms with Crippen LogP contribution in [0, 0.1) is 17.3 Å². The highest BCUT2D eigenvalue weighted by molar-refractivity contribution is 14.0. The second-order valence-corrected chi connectivity index (χ2v) is 9.55. The molecule has 5 rings (SSSR count). The Bertz CT molecular complexity index is 798. The largest absolute Gasteiger partial charge is 0.377 e. The van der Waals surface area contributed by atoms with Crippen LogP contribution in [-0.4, -0.2) is 62.2 Å². The van der Waals surface area contributed by atoms with Crippen LogP contribution in [0.2, 0.25) is 0 Å². The lowest BCUT2D eigenvalue weighted by Gasteiger charge is -2.63. The summed E-state index contributed by atoms with van der Waals surface area (Å²) in [5.74, 6) is 2.13. The number of ether oxygens (including phenoxy) is 1. The second kappa shape index (κ2) is 9.65. The highest BCUT2D eigenvalue weighted by Gasteiger charge is 2.66. The van der Waals surface area contributed by atoms with Crippen LogP contribution in [0.3, 0.4) is 0 Å². The molecule has 2 aliphatic carbocycles. The zero-order chi connectivity index (χ0) is 20.6. The molecule has 4 aliphatic rings. The minimum atomic E-state index is 0. The molecule has 31 heavy (non-hydrogen) atoms. The molecular formula is C24H35IN4O2. The van der Waals surface area contributed by atoms with E-state index in [1.807, 2.05) is 18.0 Å². The normalized spacial score (nSPS) is 30.9. The van der Waals surface area contributed by atoms with E-state index in [-0.39, 0.29) is 29.9 Å². The molecule has 1 amide bonds. The number of hydrogen-bond acceptors (Lipinski definition) is 3. The molecule has 1 aromatic carbocycles. The molecule has 2 heterocycles. The number of amides is 1. The van der Waals surface area contributed by atoms with Crippen molar-refractivity contribution in [1.82, 2.24) is 15.5 Å². The molecule has 0 bridgehead atoms. The number of benzene rings is 1. The lowest BCUT2D eigenvalue weighted by molar-refractivity contribution is -0.171. The number of rotatable bonds is 6. The predicted molar refractivity (Wildman–Crippen MR) is 133 cm³/mol. The van der Waals surface area contributed by atoms with Gasteiger partial charge in [0.05, 0.1) is 6.10 Å². The third-order valence-corrected chi connectivity index (χ3v) is 7.92. The van der Waals surface area contributed by atoms with Gasteiger partial charge in [-0.15, -0.1) is 24.0 Å². The van der Waals surface area contributed by atoms with Gasteiger partial charge in [-0.1, -0.05) is 36.8 Å². The smallest absolute Gasteiger partial charge is 0.223 e. The quantitative estimate of drug-likeness (QED) is 0.332. The van der Waals surface area contributed by atoms with E-state index in [9.17, 15) is 4.79 Å². The van der Waals surface area contributed by atoms with Gasteiger partial charge in [-0.3, -0.25) is 9.79 Å². The predicted octanol–water partition coefficient (Wildman–Crippen LogP) is 2.82. The molecule has 4 atom stereocenters. The number of likely N-dealkylation sites (tertiary alicyclic amines) is 1. The minimum Gasteiger partial charge on any atom is -0.377 e. The lowest BCUT2D eigenvalue weighted by Crippen LogP contribution is -2.72. The summed E-state index contributed by atoms with van der Waals surface area (Å²) >= 11 is 0. The Kier molecular flexibility index (Phi) is 7.10. The average Bonchev–Trinajstić information content (AvgIpc) is 3.30. The van der Waals surface area contributed by atoms with Gasteiger partial charge in [0.1, 0.15) is 0 Å². The summed E-state index contributed by atoms with van der Waals surface area (Å²) in [5.41, 5.74) is 1.63. The summed E-state index contributed by atoms with van der Waals surface area (Å²) in [5, 5.41) is 7.23. The Hall–Kier alpha value is -1.35. The molecular weight excluding hydrogens is 503 g/mol. The molecule has 2 N–H and O–H groups in total. The van der Waals surface area contributed by atoms with Crippen molar-refractivity contribution < 1.29 is 9.53 Å². The zero-order valence-electron chi connectivity index (χ0n) is 18.4. The third kappa shape index (κ3) is 4.32.